The summed E-state index contributed by atoms with van der Waals surface area (Å²) >= 11 is 3.25. The number of hydrogen-bond donors (Lipinski definition) is 1. The van der Waals surface area contributed by atoms with Crippen LogP contribution in [0.1, 0.15) is 38.5 Å². The summed E-state index contributed by atoms with van der Waals surface area (Å²) < 4.78 is 19.1. The van der Waals surface area contributed by atoms with Crippen LogP contribution in [0.15, 0.2) is 22.7 Å². The molecule has 1 aromatic carbocycles. The van der Waals surface area contributed by atoms with Crippen molar-refractivity contribution in [3.8, 4) is 5.75 Å². The Labute approximate surface area is 144 Å². The Morgan fingerprint density at radius 3 is 2.39 bits per heavy atom. The van der Waals surface area contributed by atoms with Gasteiger partial charge in [-0.25, -0.2) is 4.39 Å². The molecule has 124 valence electrons. The highest BCUT2D eigenvalue weighted by Gasteiger charge is 2.51. The Morgan fingerprint density at radius 2 is 1.83 bits per heavy atom. The zero-order valence-corrected chi connectivity index (χ0v) is 14.6. The van der Waals surface area contributed by atoms with Gasteiger partial charge in [0.25, 0.3) is 5.91 Å². The Hall–Kier alpha value is -1.10. The van der Waals surface area contributed by atoms with Crippen LogP contribution >= 0.6 is 15.9 Å². The average Bonchev–Trinajstić information content (AvgIpc) is 2.44. The van der Waals surface area contributed by atoms with E-state index in [0.29, 0.717) is 10.2 Å². The quantitative estimate of drug-likeness (QED) is 0.853. The van der Waals surface area contributed by atoms with Crippen molar-refractivity contribution in [2.45, 2.75) is 44.1 Å². The molecule has 0 heterocycles. The summed E-state index contributed by atoms with van der Waals surface area (Å²) in [5.74, 6) is 2.49. The molecule has 0 aromatic heterocycles. The van der Waals surface area contributed by atoms with E-state index in [4.69, 9.17) is 4.74 Å². The fourth-order valence-corrected chi connectivity index (χ4v) is 5.80. The summed E-state index contributed by atoms with van der Waals surface area (Å²) in [6.45, 7) is -0.0218. The fourth-order valence-electron chi connectivity index (χ4n) is 5.33. The maximum Gasteiger partial charge on any atom is 0.258 e. The summed E-state index contributed by atoms with van der Waals surface area (Å²) in [6.07, 6.45) is 7.46. The van der Waals surface area contributed by atoms with E-state index in [-0.39, 0.29) is 23.9 Å². The van der Waals surface area contributed by atoms with Crippen molar-refractivity contribution in [3.05, 3.63) is 28.5 Å². The average molecular weight is 382 g/mol. The number of carbonyl (C=O) groups excluding carboxylic acids is 1. The number of benzene rings is 1. The third-order valence-electron chi connectivity index (χ3n) is 5.70. The second kappa shape index (κ2) is 5.76. The maximum absolute atomic E-state index is 13.1. The lowest BCUT2D eigenvalue weighted by molar-refractivity contribution is -0.128. The van der Waals surface area contributed by atoms with Gasteiger partial charge >= 0.3 is 0 Å². The van der Waals surface area contributed by atoms with Crippen molar-refractivity contribution >= 4 is 21.8 Å². The molecule has 4 saturated carbocycles. The van der Waals surface area contributed by atoms with E-state index in [2.05, 4.69) is 21.2 Å². The van der Waals surface area contributed by atoms with Gasteiger partial charge in [-0.1, -0.05) is 0 Å². The molecular weight excluding hydrogens is 361 g/mol. The van der Waals surface area contributed by atoms with Crippen LogP contribution in [0.3, 0.4) is 0 Å². The van der Waals surface area contributed by atoms with Crippen molar-refractivity contribution in [1.82, 2.24) is 5.32 Å². The molecule has 0 aliphatic heterocycles. The van der Waals surface area contributed by atoms with Crippen LogP contribution in [0.4, 0.5) is 4.39 Å². The number of hydrogen-bond acceptors (Lipinski definition) is 2. The van der Waals surface area contributed by atoms with Crippen LogP contribution in [0.2, 0.25) is 0 Å². The lowest BCUT2D eigenvalue weighted by Crippen LogP contribution is -2.60. The van der Waals surface area contributed by atoms with Crippen molar-refractivity contribution < 1.29 is 13.9 Å². The van der Waals surface area contributed by atoms with E-state index in [1.165, 1.54) is 37.5 Å². The molecule has 1 N–H and O–H groups in total. The van der Waals surface area contributed by atoms with Gasteiger partial charge in [0.05, 0.1) is 4.47 Å². The molecule has 5 rings (SSSR count). The van der Waals surface area contributed by atoms with Gasteiger partial charge in [0, 0.05) is 5.54 Å². The molecule has 4 bridgehead atoms. The van der Waals surface area contributed by atoms with Crippen LogP contribution in [0, 0.1) is 23.6 Å². The summed E-state index contributed by atoms with van der Waals surface area (Å²) in [7, 11) is 0. The number of amides is 1. The zero-order chi connectivity index (χ0) is 16.0. The highest BCUT2D eigenvalue weighted by molar-refractivity contribution is 9.10. The molecule has 5 heteroatoms. The first-order chi connectivity index (χ1) is 11.0. The molecule has 0 radical (unpaired) electrons. The third-order valence-corrected chi connectivity index (χ3v) is 6.32. The molecule has 0 spiro atoms. The van der Waals surface area contributed by atoms with Gasteiger partial charge in [0.1, 0.15) is 11.6 Å². The normalized spacial score (nSPS) is 34.4. The SMILES string of the molecule is O=C(COc1ccc(F)cc1Br)NC12CC3CC(CC(C3)C1)C2. The van der Waals surface area contributed by atoms with Crippen LogP contribution in [-0.4, -0.2) is 18.1 Å². The van der Waals surface area contributed by atoms with E-state index in [0.717, 1.165) is 37.0 Å². The smallest absolute Gasteiger partial charge is 0.258 e. The molecule has 0 saturated heterocycles. The van der Waals surface area contributed by atoms with E-state index in [1.807, 2.05) is 0 Å². The molecule has 4 aliphatic rings. The van der Waals surface area contributed by atoms with Gasteiger partial charge in [0.15, 0.2) is 6.61 Å². The highest BCUT2D eigenvalue weighted by atomic mass is 79.9. The Bertz CT molecular complexity index is 598. The topological polar surface area (TPSA) is 38.3 Å². The van der Waals surface area contributed by atoms with Gasteiger partial charge in [-0.2, -0.15) is 0 Å². The van der Waals surface area contributed by atoms with Crippen molar-refractivity contribution in [2.75, 3.05) is 6.61 Å². The molecule has 4 fully saturated rings. The van der Waals surface area contributed by atoms with Gasteiger partial charge < -0.3 is 10.1 Å². The predicted octanol–water partition coefficient (Wildman–Crippen LogP) is 4.05. The number of ether oxygens (including phenoxy) is 1. The standard InChI is InChI=1S/C18H21BrFNO2/c19-15-6-14(20)1-2-16(15)23-10-17(22)21-18-7-11-3-12(8-18)5-13(4-11)9-18/h1-2,6,11-13H,3-5,7-10H2,(H,21,22). The highest BCUT2D eigenvalue weighted by Crippen LogP contribution is 2.55. The lowest BCUT2D eigenvalue weighted by Gasteiger charge is -2.56. The Morgan fingerprint density at radius 1 is 1.22 bits per heavy atom. The number of nitrogens with one attached hydrogen (secondary N) is 1. The second-order valence-electron chi connectivity index (χ2n) is 7.61. The van der Waals surface area contributed by atoms with Crippen LogP contribution < -0.4 is 10.1 Å². The van der Waals surface area contributed by atoms with Crippen molar-refractivity contribution in [2.24, 2.45) is 17.8 Å². The first-order valence-electron chi connectivity index (χ1n) is 8.40. The third kappa shape index (κ3) is 3.12. The van der Waals surface area contributed by atoms with E-state index in [9.17, 15) is 9.18 Å². The largest absolute Gasteiger partial charge is 0.483 e. The minimum absolute atomic E-state index is 0.00915. The summed E-state index contributed by atoms with van der Waals surface area (Å²) in [6, 6.07) is 4.21. The first-order valence-corrected chi connectivity index (χ1v) is 9.19. The van der Waals surface area contributed by atoms with Crippen LogP contribution in [0.25, 0.3) is 0 Å². The molecule has 1 amide bonds. The molecule has 4 aliphatic carbocycles. The number of rotatable bonds is 4. The van der Waals surface area contributed by atoms with E-state index >= 15 is 0 Å². The number of halogens is 2. The minimum atomic E-state index is -0.331. The molecular formula is C18H21BrFNO2. The molecule has 3 nitrogen and oxygen atoms in total. The van der Waals surface area contributed by atoms with Crippen LogP contribution in [0.5, 0.6) is 5.75 Å². The molecule has 0 unspecified atom stereocenters. The Kier molecular flexibility index (Phi) is 3.87. The monoisotopic (exact) mass is 381 g/mol. The van der Waals surface area contributed by atoms with E-state index in [1.54, 1.807) is 0 Å². The molecule has 23 heavy (non-hydrogen) atoms. The fraction of sp³-hybridized carbons (Fsp3) is 0.611. The summed E-state index contributed by atoms with van der Waals surface area (Å²) in [4.78, 5) is 12.4. The van der Waals surface area contributed by atoms with Crippen LogP contribution in [-0.2, 0) is 4.79 Å². The summed E-state index contributed by atoms with van der Waals surface area (Å²) in [5.41, 5.74) is 0.00915. The van der Waals surface area contributed by atoms with Gasteiger partial charge in [-0.3, -0.25) is 4.79 Å². The lowest BCUT2D eigenvalue weighted by atomic mass is 9.53. The summed E-state index contributed by atoms with van der Waals surface area (Å²) in [5, 5.41) is 3.27. The Balaban J connectivity index is 1.37. The maximum atomic E-state index is 13.1. The van der Waals surface area contributed by atoms with Gasteiger partial charge in [0.2, 0.25) is 0 Å². The second-order valence-corrected chi connectivity index (χ2v) is 8.46. The zero-order valence-electron chi connectivity index (χ0n) is 13.0. The van der Waals surface area contributed by atoms with Crippen molar-refractivity contribution in [3.63, 3.8) is 0 Å². The minimum Gasteiger partial charge on any atom is -0.483 e. The van der Waals surface area contributed by atoms with Crippen molar-refractivity contribution in [1.29, 1.82) is 0 Å². The first kappa shape index (κ1) is 15.4. The van der Waals surface area contributed by atoms with Gasteiger partial charge in [-0.05, 0) is 90.4 Å². The number of carbonyl (C=O) groups is 1. The van der Waals surface area contributed by atoms with Gasteiger partial charge in [-0.15, -0.1) is 0 Å². The molecule has 0 atom stereocenters. The molecule has 1 aromatic rings. The predicted molar refractivity (Wildman–Crippen MR) is 88.6 cm³/mol. The van der Waals surface area contributed by atoms with E-state index < -0.39 is 0 Å².